The lowest BCUT2D eigenvalue weighted by molar-refractivity contribution is -0.130. The average molecular weight is 260 g/mol. The zero-order chi connectivity index (χ0) is 13.8. The van der Waals surface area contributed by atoms with Gasteiger partial charge in [0.1, 0.15) is 0 Å². The minimum atomic E-state index is 0.184. The molecule has 1 aromatic rings. The highest BCUT2D eigenvalue weighted by atomic mass is 16.2. The van der Waals surface area contributed by atoms with E-state index in [4.69, 9.17) is 0 Å². The Morgan fingerprint density at radius 2 is 1.89 bits per heavy atom. The van der Waals surface area contributed by atoms with Gasteiger partial charge in [0.25, 0.3) is 0 Å². The predicted octanol–water partition coefficient (Wildman–Crippen LogP) is 2.38. The lowest BCUT2D eigenvalue weighted by atomic mass is 10.1. The van der Waals surface area contributed by atoms with E-state index in [2.05, 4.69) is 36.1 Å². The highest BCUT2D eigenvalue weighted by molar-refractivity contribution is 5.77. The van der Waals surface area contributed by atoms with Gasteiger partial charge in [-0.25, -0.2) is 0 Å². The van der Waals surface area contributed by atoms with E-state index in [0.29, 0.717) is 12.6 Å². The molecule has 19 heavy (non-hydrogen) atoms. The number of nitrogens with zero attached hydrogens (tertiary/aromatic N) is 2. The van der Waals surface area contributed by atoms with Crippen molar-refractivity contribution in [2.75, 3.05) is 20.6 Å². The summed E-state index contributed by atoms with van der Waals surface area (Å²) in [4.78, 5) is 16.0. The van der Waals surface area contributed by atoms with E-state index >= 15 is 0 Å². The standard InChI is InChI=1S/C16H24N2O/c1-13(15-9-10-15)18(12-16(19)17(2)3)11-14-7-5-4-6-8-14/h4-8,13,15H,9-12H2,1-3H3. The number of likely N-dealkylation sites (N-methyl/N-ethyl adjacent to an activating group) is 1. The van der Waals surface area contributed by atoms with Crippen molar-refractivity contribution in [1.82, 2.24) is 9.80 Å². The summed E-state index contributed by atoms with van der Waals surface area (Å²) in [5.41, 5.74) is 1.28. The van der Waals surface area contributed by atoms with Gasteiger partial charge < -0.3 is 4.90 Å². The maximum atomic E-state index is 12.0. The van der Waals surface area contributed by atoms with Gasteiger partial charge in [-0.3, -0.25) is 9.69 Å². The lowest BCUT2D eigenvalue weighted by Gasteiger charge is -2.29. The normalized spacial score (nSPS) is 16.4. The molecule has 0 aliphatic heterocycles. The molecule has 0 radical (unpaired) electrons. The van der Waals surface area contributed by atoms with Gasteiger partial charge in [0, 0.05) is 26.7 Å². The smallest absolute Gasteiger partial charge is 0.236 e. The van der Waals surface area contributed by atoms with Crippen LogP contribution in [0.3, 0.4) is 0 Å². The molecule has 0 spiro atoms. The number of carbonyl (C=O) groups excluding carboxylic acids is 1. The molecule has 0 N–H and O–H groups in total. The number of rotatable bonds is 6. The molecule has 0 heterocycles. The third-order valence-corrected chi connectivity index (χ3v) is 3.95. The molecule has 104 valence electrons. The SMILES string of the molecule is CC(C1CC1)N(CC(=O)N(C)C)Cc1ccccc1. The molecule has 2 rings (SSSR count). The molecule has 3 heteroatoms. The molecule has 1 saturated carbocycles. The average Bonchev–Trinajstić information content (AvgIpc) is 3.22. The first-order valence-electron chi connectivity index (χ1n) is 7.06. The van der Waals surface area contributed by atoms with E-state index in [9.17, 15) is 4.79 Å². The molecular weight excluding hydrogens is 236 g/mol. The molecule has 1 atom stereocenters. The van der Waals surface area contributed by atoms with Crippen molar-refractivity contribution in [3.63, 3.8) is 0 Å². The van der Waals surface area contributed by atoms with E-state index < -0.39 is 0 Å². The highest BCUT2D eigenvalue weighted by Gasteiger charge is 2.32. The first-order valence-corrected chi connectivity index (χ1v) is 7.06. The van der Waals surface area contributed by atoms with Gasteiger partial charge in [-0.2, -0.15) is 0 Å². The fraction of sp³-hybridized carbons (Fsp3) is 0.562. The second-order valence-electron chi connectivity index (χ2n) is 5.76. The van der Waals surface area contributed by atoms with Crippen LogP contribution in [0.25, 0.3) is 0 Å². The van der Waals surface area contributed by atoms with Gasteiger partial charge in [-0.15, -0.1) is 0 Å². The molecule has 3 nitrogen and oxygen atoms in total. The minimum absolute atomic E-state index is 0.184. The van der Waals surface area contributed by atoms with Crippen LogP contribution < -0.4 is 0 Å². The zero-order valence-corrected chi connectivity index (χ0v) is 12.2. The molecule has 0 aromatic heterocycles. The number of amides is 1. The van der Waals surface area contributed by atoms with Crippen LogP contribution in [0.4, 0.5) is 0 Å². The fourth-order valence-corrected chi connectivity index (χ4v) is 2.35. The van der Waals surface area contributed by atoms with Crippen molar-refractivity contribution in [1.29, 1.82) is 0 Å². The van der Waals surface area contributed by atoms with Crippen LogP contribution in [-0.4, -0.2) is 42.4 Å². The third-order valence-electron chi connectivity index (χ3n) is 3.95. The van der Waals surface area contributed by atoms with E-state index in [1.807, 2.05) is 20.2 Å². The maximum absolute atomic E-state index is 12.0. The second kappa shape index (κ2) is 6.20. The Hall–Kier alpha value is -1.35. The van der Waals surface area contributed by atoms with Gasteiger partial charge in [0.15, 0.2) is 0 Å². The molecule has 1 aliphatic carbocycles. The van der Waals surface area contributed by atoms with Gasteiger partial charge in [-0.1, -0.05) is 30.3 Å². The predicted molar refractivity (Wildman–Crippen MR) is 77.7 cm³/mol. The van der Waals surface area contributed by atoms with Crippen LogP contribution in [-0.2, 0) is 11.3 Å². The topological polar surface area (TPSA) is 23.6 Å². The molecule has 1 unspecified atom stereocenters. The monoisotopic (exact) mass is 260 g/mol. The molecule has 1 amide bonds. The summed E-state index contributed by atoms with van der Waals surface area (Å²) in [7, 11) is 3.65. The van der Waals surface area contributed by atoms with Gasteiger partial charge >= 0.3 is 0 Å². The Bertz CT molecular complexity index is 412. The Kier molecular flexibility index (Phi) is 4.59. The summed E-state index contributed by atoms with van der Waals surface area (Å²) in [6.07, 6.45) is 2.62. The quantitative estimate of drug-likeness (QED) is 0.784. The van der Waals surface area contributed by atoms with Crippen LogP contribution >= 0.6 is 0 Å². The van der Waals surface area contributed by atoms with Crippen LogP contribution in [0.2, 0.25) is 0 Å². The van der Waals surface area contributed by atoms with Crippen molar-refractivity contribution >= 4 is 5.91 Å². The third kappa shape index (κ3) is 4.06. The summed E-state index contributed by atoms with van der Waals surface area (Å²) >= 11 is 0. The largest absolute Gasteiger partial charge is 0.348 e. The zero-order valence-electron chi connectivity index (χ0n) is 12.2. The Balaban J connectivity index is 2.03. The Morgan fingerprint density at radius 3 is 2.42 bits per heavy atom. The molecule has 1 aromatic carbocycles. The first kappa shape index (κ1) is 14.1. The number of hydrogen-bond donors (Lipinski definition) is 0. The number of hydrogen-bond acceptors (Lipinski definition) is 2. The summed E-state index contributed by atoms with van der Waals surface area (Å²) < 4.78 is 0. The van der Waals surface area contributed by atoms with Gasteiger partial charge in [-0.05, 0) is 31.2 Å². The fourth-order valence-electron chi connectivity index (χ4n) is 2.35. The summed E-state index contributed by atoms with van der Waals surface area (Å²) in [5, 5.41) is 0. The van der Waals surface area contributed by atoms with Crippen molar-refractivity contribution in [2.24, 2.45) is 5.92 Å². The Morgan fingerprint density at radius 1 is 1.26 bits per heavy atom. The summed E-state index contributed by atoms with van der Waals surface area (Å²) in [6.45, 7) is 3.63. The van der Waals surface area contributed by atoms with E-state index in [0.717, 1.165) is 12.5 Å². The van der Waals surface area contributed by atoms with Crippen LogP contribution in [0.1, 0.15) is 25.3 Å². The van der Waals surface area contributed by atoms with E-state index in [1.54, 1.807) is 4.90 Å². The molecule has 1 aliphatic rings. The Labute approximate surface area is 116 Å². The van der Waals surface area contributed by atoms with Crippen molar-refractivity contribution in [2.45, 2.75) is 32.4 Å². The molecule has 0 bridgehead atoms. The van der Waals surface area contributed by atoms with Crippen LogP contribution in [0, 0.1) is 5.92 Å². The maximum Gasteiger partial charge on any atom is 0.236 e. The summed E-state index contributed by atoms with van der Waals surface area (Å²) in [6, 6.07) is 10.9. The molecule has 0 saturated heterocycles. The second-order valence-corrected chi connectivity index (χ2v) is 5.76. The van der Waals surface area contributed by atoms with Gasteiger partial charge in [0.2, 0.25) is 5.91 Å². The van der Waals surface area contributed by atoms with E-state index in [-0.39, 0.29) is 5.91 Å². The van der Waals surface area contributed by atoms with E-state index in [1.165, 1.54) is 18.4 Å². The number of carbonyl (C=O) groups is 1. The highest BCUT2D eigenvalue weighted by Crippen LogP contribution is 2.35. The van der Waals surface area contributed by atoms with Gasteiger partial charge in [0.05, 0.1) is 6.54 Å². The number of benzene rings is 1. The van der Waals surface area contributed by atoms with Crippen molar-refractivity contribution < 1.29 is 4.79 Å². The van der Waals surface area contributed by atoms with Crippen LogP contribution in [0.5, 0.6) is 0 Å². The molecular formula is C16H24N2O. The summed E-state index contributed by atoms with van der Waals surface area (Å²) in [5.74, 6) is 0.960. The minimum Gasteiger partial charge on any atom is -0.348 e. The van der Waals surface area contributed by atoms with Crippen LogP contribution in [0.15, 0.2) is 30.3 Å². The lowest BCUT2D eigenvalue weighted by Crippen LogP contribution is -2.41. The van der Waals surface area contributed by atoms with Crippen molar-refractivity contribution in [3.05, 3.63) is 35.9 Å². The molecule has 1 fully saturated rings. The first-order chi connectivity index (χ1) is 9.08. The van der Waals surface area contributed by atoms with Crippen molar-refractivity contribution in [3.8, 4) is 0 Å².